The summed E-state index contributed by atoms with van der Waals surface area (Å²) in [5.74, 6) is 1.00. The fraction of sp³-hybridized carbons (Fsp3) is 0.857. The van der Waals surface area contributed by atoms with Gasteiger partial charge >= 0.3 is 0 Å². The Bertz CT molecular complexity index is 29.4. The molecule has 0 aromatic heterocycles. The Balaban J connectivity index is 2.53. The van der Waals surface area contributed by atoms with Crippen molar-refractivity contribution >= 4 is 12.6 Å². The molecule has 0 heterocycles. The summed E-state index contributed by atoms with van der Waals surface area (Å²) in [5.41, 5.74) is 0. The molecule has 0 aliphatic rings. The summed E-state index contributed by atoms with van der Waals surface area (Å²) in [6.07, 6.45) is 7.41. The van der Waals surface area contributed by atoms with Crippen LogP contribution in [0.3, 0.4) is 0 Å². The molecule has 0 bridgehead atoms. The van der Waals surface area contributed by atoms with Gasteiger partial charge in [-0.2, -0.15) is 12.6 Å². The van der Waals surface area contributed by atoms with E-state index in [0.29, 0.717) is 0 Å². The number of hydrogen-bond acceptors (Lipinski definition) is 1. The van der Waals surface area contributed by atoms with E-state index in [9.17, 15) is 0 Å². The summed E-state index contributed by atoms with van der Waals surface area (Å²) >= 11 is 4.09. The Kier molecular flexibility index (Phi) is 7.67. The number of hydrogen-bond donors (Lipinski definition) is 1. The SMILES string of the molecule is CCCC[CH]CCS. The molecule has 0 amide bonds. The second-order valence-electron chi connectivity index (χ2n) is 1.94. The molecule has 0 nitrogen and oxygen atoms in total. The normalized spacial score (nSPS) is 9.75. The van der Waals surface area contributed by atoms with Crippen LogP contribution in [0.25, 0.3) is 0 Å². The first-order valence-corrected chi connectivity index (χ1v) is 3.97. The van der Waals surface area contributed by atoms with Gasteiger partial charge in [0.2, 0.25) is 0 Å². The van der Waals surface area contributed by atoms with Crippen molar-refractivity contribution in [1.82, 2.24) is 0 Å². The lowest BCUT2D eigenvalue weighted by Crippen LogP contribution is -1.78. The van der Waals surface area contributed by atoms with Gasteiger partial charge in [-0.15, -0.1) is 0 Å². The minimum absolute atomic E-state index is 1.00. The molecule has 0 fully saturated rings. The lowest BCUT2D eigenvalue weighted by molar-refractivity contribution is 0.763. The van der Waals surface area contributed by atoms with Gasteiger partial charge < -0.3 is 0 Å². The maximum Gasteiger partial charge on any atom is -0.00952 e. The van der Waals surface area contributed by atoms with Crippen molar-refractivity contribution in [3.05, 3.63) is 6.42 Å². The van der Waals surface area contributed by atoms with Crippen LogP contribution in [0.5, 0.6) is 0 Å². The summed E-state index contributed by atoms with van der Waals surface area (Å²) in [7, 11) is 0. The summed E-state index contributed by atoms with van der Waals surface area (Å²) in [5, 5.41) is 0. The predicted octanol–water partition coefficient (Wildman–Crippen LogP) is 2.70. The van der Waals surface area contributed by atoms with Crippen molar-refractivity contribution < 1.29 is 0 Å². The lowest BCUT2D eigenvalue weighted by Gasteiger charge is -1.93. The van der Waals surface area contributed by atoms with Gasteiger partial charge in [0.15, 0.2) is 0 Å². The van der Waals surface area contributed by atoms with Crippen LogP contribution in [-0.4, -0.2) is 5.75 Å². The van der Waals surface area contributed by atoms with Gasteiger partial charge in [0, 0.05) is 0 Å². The molecule has 8 heavy (non-hydrogen) atoms. The molecule has 1 heteroatoms. The van der Waals surface area contributed by atoms with Gasteiger partial charge in [0.25, 0.3) is 0 Å². The molecular formula is C7H15S. The first-order chi connectivity index (χ1) is 3.91. The molecule has 0 aromatic rings. The van der Waals surface area contributed by atoms with E-state index in [1.807, 2.05) is 0 Å². The van der Waals surface area contributed by atoms with Gasteiger partial charge in [-0.05, 0) is 18.6 Å². The summed E-state index contributed by atoms with van der Waals surface area (Å²) in [4.78, 5) is 0. The molecule has 1 radical (unpaired) electrons. The van der Waals surface area contributed by atoms with Crippen LogP contribution in [0.4, 0.5) is 0 Å². The Morgan fingerprint density at radius 1 is 1.38 bits per heavy atom. The van der Waals surface area contributed by atoms with Crippen LogP contribution >= 0.6 is 12.6 Å². The van der Waals surface area contributed by atoms with Gasteiger partial charge in [-0.1, -0.05) is 26.2 Å². The van der Waals surface area contributed by atoms with Crippen LogP contribution in [0.2, 0.25) is 0 Å². The summed E-state index contributed by atoms with van der Waals surface area (Å²) < 4.78 is 0. The van der Waals surface area contributed by atoms with Crippen LogP contribution < -0.4 is 0 Å². The molecule has 0 saturated carbocycles. The quantitative estimate of drug-likeness (QED) is 0.430. The zero-order chi connectivity index (χ0) is 6.24. The maximum absolute atomic E-state index is 4.09. The summed E-state index contributed by atoms with van der Waals surface area (Å²) in [6.45, 7) is 2.22. The molecule has 0 unspecified atom stereocenters. The number of thiol groups is 1. The highest BCUT2D eigenvalue weighted by Gasteiger charge is 1.84. The third-order valence-electron chi connectivity index (χ3n) is 1.10. The summed E-state index contributed by atoms with van der Waals surface area (Å²) in [6, 6.07) is 0. The minimum Gasteiger partial charge on any atom is -0.179 e. The second-order valence-corrected chi connectivity index (χ2v) is 2.39. The van der Waals surface area contributed by atoms with E-state index in [0.717, 1.165) is 5.75 Å². The molecule has 0 saturated heterocycles. The predicted molar refractivity (Wildman–Crippen MR) is 42.3 cm³/mol. The Hall–Kier alpha value is 0.350. The van der Waals surface area contributed by atoms with E-state index in [1.54, 1.807) is 0 Å². The van der Waals surface area contributed by atoms with Crippen LogP contribution in [0.15, 0.2) is 0 Å². The highest BCUT2D eigenvalue weighted by molar-refractivity contribution is 7.80. The Morgan fingerprint density at radius 2 is 2.12 bits per heavy atom. The highest BCUT2D eigenvalue weighted by atomic mass is 32.1. The Labute approximate surface area is 58.1 Å². The van der Waals surface area contributed by atoms with Gasteiger partial charge in [-0.25, -0.2) is 0 Å². The third-order valence-corrected chi connectivity index (χ3v) is 1.35. The molecule has 49 valence electrons. The monoisotopic (exact) mass is 131 g/mol. The van der Waals surface area contributed by atoms with E-state index < -0.39 is 0 Å². The number of rotatable bonds is 5. The van der Waals surface area contributed by atoms with Crippen LogP contribution in [0.1, 0.15) is 32.6 Å². The zero-order valence-corrected chi connectivity index (χ0v) is 6.45. The van der Waals surface area contributed by atoms with E-state index in [4.69, 9.17) is 0 Å². The largest absolute Gasteiger partial charge is 0.179 e. The maximum atomic E-state index is 4.09. The molecule has 0 aromatic carbocycles. The Morgan fingerprint density at radius 3 is 2.62 bits per heavy atom. The third kappa shape index (κ3) is 6.35. The topological polar surface area (TPSA) is 0 Å². The molecule has 0 rings (SSSR count). The molecule has 0 aliphatic carbocycles. The molecule has 0 N–H and O–H groups in total. The van der Waals surface area contributed by atoms with Crippen molar-refractivity contribution in [3.63, 3.8) is 0 Å². The van der Waals surface area contributed by atoms with Gasteiger partial charge in [0.05, 0.1) is 0 Å². The number of unbranched alkanes of at least 4 members (excludes halogenated alkanes) is 4. The molecule has 0 aliphatic heterocycles. The highest BCUT2D eigenvalue weighted by Crippen LogP contribution is 2.00. The second kappa shape index (κ2) is 7.35. The van der Waals surface area contributed by atoms with E-state index in [1.165, 1.54) is 25.7 Å². The fourth-order valence-electron chi connectivity index (χ4n) is 0.584. The first kappa shape index (κ1) is 8.35. The van der Waals surface area contributed by atoms with E-state index >= 15 is 0 Å². The molecule has 0 atom stereocenters. The van der Waals surface area contributed by atoms with Gasteiger partial charge in [0.1, 0.15) is 0 Å². The standard InChI is InChI=1S/C7H15S/c1-2-3-4-5-6-7-8/h5,8H,2-4,6-7H2,1H3. The van der Waals surface area contributed by atoms with Crippen molar-refractivity contribution in [2.45, 2.75) is 32.6 Å². The average Bonchev–Trinajstić information content (AvgIpc) is 1.81. The lowest BCUT2D eigenvalue weighted by atomic mass is 10.2. The first-order valence-electron chi connectivity index (χ1n) is 3.34. The minimum atomic E-state index is 1.00. The van der Waals surface area contributed by atoms with Crippen molar-refractivity contribution in [3.8, 4) is 0 Å². The van der Waals surface area contributed by atoms with Crippen molar-refractivity contribution in [2.75, 3.05) is 5.75 Å². The van der Waals surface area contributed by atoms with Crippen molar-refractivity contribution in [1.29, 1.82) is 0 Å². The molecular weight excluding hydrogens is 116 g/mol. The smallest absolute Gasteiger partial charge is 0.00952 e. The van der Waals surface area contributed by atoms with Gasteiger partial charge in [-0.3, -0.25) is 0 Å². The van der Waals surface area contributed by atoms with Crippen LogP contribution in [-0.2, 0) is 0 Å². The fourth-order valence-corrected chi connectivity index (χ4v) is 0.767. The van der Waals surface area contributed by atoms with Crippen molar-refractivity contribution in [2.24, 2.45) is 0 Å². The van der Waals surface area contributed by atoms with E-state index in [-0.39, 0.29) is 0 Å². The van der Waals surface area contributed by atoms with E-state index in [2.05, 4.69) is 26.0 Å². The molecule has 0 spiro atoms. The zero-order valence-electron chi connectivity index (χ0n) is 5.56. The van der Waals surface area contributed by atoms with Crippen LogP contribution in [0, 0.1) is 6.42 Å². The average molecular weight is 131 g/mol.